The van der Waals surface area contributed by atoms with Crippen molar-refractivity contribution in [3.8, 4) is 22.8 Å². The van der Waals surface area contributed by atoms with Crippen LogP contribution in [0.2, 0.25) is 0 Å². The molecule has 7 nitrogen and oxygen atoms in total. The molecule has 0 aliphatic carbocycles. The van der Waals surface area contributed by atoms with Crippen LogP contribution in [0.4, 0.5) is 0 Å². The summed E-state index contributed by atoms with van der Waals surface area (Å²) in [7, 11) is 1.54. The monoisotopic (exact) mass is 400 g/mol. The third-order valence-electron chi connectivity index (χ3n) is 2.63. The van der Waals surface area contributed by atoms with E-state index in [4.69, 9.17) is 15.2 Å². The van der Waals surface area contributed by atoms with Gasteiger partial charge in [0, 0.05) is 5.56 Å². The largest absolute Gasteiger partial charge is 0.493 e. The molecule has 0 saturated carbocycles. The zero-order valence-corrected chi connectivity index (χ0v) is 13.4. The Hall–Kier alpha value is -2.10. The lowest BCUT2D eigenvalue weighted by Gasteiger charge is -2.13. The van der Waals surface area contributed by atoms with Gasteiger partial charge in [-0.1, -0.05) is 12.7 Å². The topological polar surface area (TPSA) is 103 Å². The van der Waals surface area contributed by atoms with Gasteiger partial charge < -0.3 is 15.2 Å². The van der Waals surface area contributed by atoms with Crippen LogP contribution < -0.4 is 15.2 Å². The standard InChI is InChI=1S/C13H13IN4O3/c1-3-4-21-12-8(14)5-7(6-9(12)20-2)10-11(13(15)19)17-18-16-10/h3,5-6H,1,4H2,2H3,(H2,15,19)(H,16,17,18). The van der Waals surface area contributed by atoms with Crippen LogP contribution >= 0.6 is 22.6 Å². The van der Waals surface area contributed by atoms with E-state index in [2.05, 4.69) is 44.6 Å². The molecule has 0 atom stereocenters. The predicted octanol–water partition coefficient (Wildman–Crippen LogP) is 1.75. The van der Waals surface area contributed by atoms with Crippen LogP contribution in [0.15, 0.2) is 24.8 Å². The molecule has 110 valence electrons. The number of carbonyl (C=O) groups is 1. The number of methoxy groups -OCH3 is 1. The molecule has 0 fully saturated rings. The summed E-state index contributed by atoms with van der Waals surface area (Å²) < 4.78 is 11.7. The fourth-order valence-corrected chi connectivity index (χ4v) is 2.50. The van der Waals surface area contributed by atoms with Crippen LogP contribution in [-0.2, 0) is 0 Å². The van der Waals surface area contributed by atoms with E-state index in [1.807, 2.05) is 6.07 Å². The molecule has 0 radical (unpaired) electrons. The highest BCUT2D eigenvalue weighted by atomic mass is 127. The lowest BCUT2D eigenvalue weighted by Crippen LogP contribution is -2.12. The van der Waals surface area contributed by atoms with Gasteiger partial charge in [0.15, 0.2) is 17.2 Å². The molecule has 1 amide bonds. The van der Waals surface area contributed by atoms with Gasteiger partial charge in [-0.2, -0.15) is 15.4 Å². The molecule has 0 spiro atoms. The van der Waals surface area contributed by atoms with Crippen molar-refractivity contribution in [1.29, 1.82) is 0 Å². The first-order valence-corrected chi connectivity index (χ1v) is 6.98. The van der Waals surface area contributed by atoms with E-state index < -0.39 is 5.91 Å². The molecule has 0 bridgehead atoms. The number of nitrogens with zero attached hydrogens (tertiary/aromatic N) is 2. The number of nitrogens with one attached hydrogen (secondary N) is 1. The summed E-state index contributed by atoms with van der Waals surface area (Å²) in [6.07, 6.45) is 1.65. The van der Waals surface area contributed by atoms with Gasteiger partial charge in [0.05, 0.1) is 10.7 Å². The number of H-pyrrole nitrogens is 1. The minimum atomic E-state index is -0.653. The number of halogens is 1. The Labute approximate surface area is 134 Å². The zero-order valence-electron chi connectivity index (χ0n) is 11.2. The Morgan fingerprint density at radius 2 is 2.29 bits per heavy atom. The Balaban J connectivity index is 2.51. The fourth-order valence-electron chi connectivity index (χ4n) is 1.74. The Morgan fingerprint density at radius 1 is 1.52 bits per heavy atom. The Kier molecular flexibility index (Phi) is 4.78. The van der Waals surface area contributed by atoms with E-state index >= 15 is 0 Å². The van der Waals surface area contributed by atoms with E-state index in [0.717, 1.165) is 3.57 Å². The first-order valence-electron chi connectivity index (χ1n) is 5.90. The molecular formula is C13H13IN4O3. The van der Waals surface area contributed by atoms with Gasteiger partial charge in [0.25, 0.3) is 5.91 Å². The highest BCUT2D eigenvalue weighted by Gasteiger charge is 2.19. The molecule has 0 saturated heterocycles. The average molecular weight is 400 g/mol. The normalized spacial score (nSPS) is 10.2. The van der Waals surface area contributed by atoms with E-state index in [-0.39, 0.29) is 5.69 Å². The fraction of sp³-hybridized carbons (Fsp3) is 0.154. The second-order valence-electron chi connectivity index (χ2n) is 3.97. The summed E-state index contributed by atoms with van der Waals surface area (Å²) >= 11 is 2.11. The summed E-state index contributed by atoms with van der Waals surface area (Å²) in [6, 6.07) is 3.52. The van der Waals surface area contributed by atoms with Crippen molar-refractivity contribution >= 4 is 28.5 Å². The maximum absolute atomic E-state index is 11.3. The average Bonchev–Trinajstić information content (AvgIpc) is 2.94. The SMILES string of the molecule is C=CCOc1c(I)cc(-c2n[nH]nc2C(N)=O)cc1OC. The van der Waals surface area contributed by atoms with Crippen molar-refractivity contribution in [3.63, 3.8) is 0 Å². The van der Waals surface area contributed by atoms with Crippen LogP contribution in [0.1, 0.15) is 10.5 Å². The van der Waals surface area contributed by atoms with Crippen LogP contribution in [-0.4, -0.2) is 35.0 Å². The van der Waals surface area contributed by atoms with E-state index in [9.17, 15) is 4.79 Å². The quantitative estimate of drug-likeness (QED) is 0.568. The molecule has 0 aliphatic rings. The van der Waals surface area contributed by atoms with Crippen LogP contribution in [0.5, 0.6) is 11.5 Å². The van der Waals surface area contributed by atoms with Gasteiger partial charge in [-0.25, -0.2) is 0 Å². The number of rotatable bonds is 6. The number of carbonyl (C=O) groups excluding carboxylic acids is 1. The first-order chi connectivity index (χ1) is 10.1. The lowest BCUT2D eigenvalue weighted by atomic mass is 10.1. The number of benzene rings is 1. The Bertz CT molecular complexity index is 684. The minimum Gasteiger partial charge on any atom is -0.493 e. The molecule has 8 heteroatoms. The van der Waals surface area contributed by atoms with Gasteiger partial charge in [0.2, 0.25) is 0 Å². The Morgan fingerprint density at radius 3 is 2.90 bits per heavy atom. The number of hydrogen-bond acceptors (Lipinski definition) is 5. The van der Waals surface area contributed by atoms with E-state index in [0.29, 0.717) is 29.4 Å². The second kappa shape index (κ2) is 6.57. The second-order valence-corrected chi connectivity index (χ2v) is 5.14. The van der Waals surface area contributed by atoms with Gasteiger partial charge >= 0.3 is 0 Å². The summed E-state index contributed by atoms with van der Waals surface area (Å²) in [4.78, 5) is 11.3. The smallest absolute Gasteiger partial charge is 0.271 e. The maximum Gasteiger partial charge on any atom is 0.271 e. The van der Waals surface area contributed by atoms with Gasteiger partial charge in [-0.15, -0.1) is 0 Å². The number of hydrogen-bond donors (Lipinski definition) is 2. The number of amides is 1. The molecule has 2 aromatic rings. The highest BCUT2D eigenvalue weighted by Crippen LogP contribution is 2.37. The molecule has 1 heterocycles. The molecule has 0 unspecified atom stereocenters. The third-order valence-corrected chi connectivity index (χ3v) is 3.43. The van der Waals surface area contributed by atoms with Crippen molar-refractivity contribution in [1.82, 2.24) is 15.4 Å². The highest BCUT2D eigenvalue weighted by molar-refractivity contribution is 14.1. The maximum atomic E-state index is 11.3. The number of primary amides is 1. The van der Waals surface area contributed by atoms with E-state index in [1.54, 1.807) is 12.1 Å². The van der Waals surface area contributed by atoms with Crippen molar-refractivity contribution in [2.24, 2.45) is 5.73 Å². The zero-order chi connectivity index (χ0) is 15.4. The molecule has 0 aliphatic heterocycles. The van der Waals surface area contributed by atoms with Crippen molar-refractivity contribution in [2.45, 2.75) is 0 Å². The van der Waals surface area contributed by atoms with Crippen molar-refractivity contribution < 1.29 is 14.3 Å². The summed E-state index contributed by atoms with van der Waals surface area (Å²) in [6.45, 7) is 3.97. The van der Waals surface area contributed by atoms with E-state index in [1.165, 1.54) is 7.11 Å². The molecule has 1 aromatic carbocycles. The summed E-state index contributed by atoms with van der Waals surface area (Å²) in [5.74, 6) is 0.475. The van der Waals surface area contributed by atoms with Crippen LogP contribution in [0.3, 0.4) is 0 Å². The first kappa shape index (κ1) is 15.3. The summed E-state index contributed by atoms with van der Waals surface area (Å²) in [5, 5.41) is 10.1. The van der Waals surface area contributed by atoms with Crippen LogP contribution in [0.25, 0.3) is 11.3 Å². The predicted molar refractivity (Wildman–Crippen MR) is 85.3 cm³/mol. The van der Waals surface area contributed by atoms with Gasteiger partial charge in [-0.3, -0.25) is 4.79 Å². The number of nitrogens with two attached hydrogens (primary N) is 1. The lowest BCUT2D eigenvalue weighted by molar-refractivity contribution is 0.0996. The van der Waals surface area contributed by atoms with Crippen molar-refractivity contribution in [2.75, 3.05) is 13.7 Å². The molecule has 3 N–H and O–H groups in total. The molecule has 21 heavy (non-hydrogen) atoms. The number of aromatic nitrogens is 3. The third kappa shape index (κ3) is 3.15. The summed E-state index contributed by atoms with van der Waals surface area (Å²) in [5.41, 5.74) is 6.37. The molecular weight excluding hydrogens is 387 g/mol. The molecule has 1 aromatic heterocycles. The molecule has 2 rings (SSSR count). The van der Waals surface area contributed by atoms with Gasteiger partial charge in [-0.05, 0) is 34.7 Å². The number of aromatic amines is 1. The van der Waals surface area contributed by atoms with Crippen molar-refractivity contribution in [3.05, 3.63) is 34.1 Å². The van der Waals surface area contributed by atoms with Crippen LogP contribution in [0, 0.1) is 3.57 Å². The van der Waals surface area contributed by atoms with Gasteiger partial charge in [0.1, 0.15) is 12.3 Å². The number of ether oxygens (including phenoxy) is 2. The minimum absolute atomic E-state index is 0.0765.